The highest BCUT2D eigenvalue weighted by Crippen LogP contribution is 2.33. The van der Waals surface area contributed by atoms with Crippen LogP contribution >= 0.6 is 0 Å². The zero-order chi connectivity index (χ0) is 15.5. The second-order valence-electron chi connectivity index (χ2n) is 6.63. The lowest BCUT2D eigenvalue weighted by Gasteiger charge is -2.41. The van der Waals surface area contributed by atoms with Crippen molar-refractivity contribution in [1.82, 2.24) is 14.7 Å². The molecule has 2 rings (SSSR count). The van der Waals surface area contributed by atoms with E-state index in [0.717, 1.165) is 37.8 Å². The van der Waals surface area contributed by atoms with Crippen LogP contribution in [0.5, 0.6) is 0 Å². The number of rotatable bonds is 6. The highest BCUT2D eigenvalue weighted by molar-refractivity contribution is 5.90. The van der Waals surface area contributed by atoms with Gasteiger partial charge in [-0.1, -0.05) is 26.2 Å². The number of nitrogens with zero attached hydrogens (tertiary/aromatic N) is 3. The molecule has 118 valence electrons. The van der Waals surface area contributed by atoms with Gasteiger partial charge in [0.1, 0.15) is 0 Å². The van der Waals surface area contributed by atoms with Crippen molar-refractivity contribution < 1.29 is 4.79 Å². The van der Waals surface area contributed by atoms with Crippen molar-refractivity contribution in [2.45, 2.75) is 70.4 Å². The van der Waals surface area contributed by atoms with Gasteiger partial charge in [-0.15, -0.1) is 0 Å². The first-order valence-electron chi connectivity index (χ1n) is 8.24. The number of carbonyl (C=O) groups excluding carboxylic acids is 1. The van der Waals surface area contributed by atoms with Gasteiger partial charge >= 0.3 is 0 Å². The molecular weight excluding hydrogens is 262 g/mol. The fourth-order valence-electron chi connectivity index (χ4n) is 3.35. The lowest BCUT2D eigenvalue weighted by Crippen LogP contribution is -2.53. The van der Waals surface area contributed by atoms with E-state index in [1.807, 2.05) is 31.0 Å². The molecular formula is C17H29N3O. The summed E-state index contributed by atoms with van der Waals surface area (Å²) in [5.74, 6) is 0.335. The topological polar surface area (TPSA) is 38.1 Å². The largest absolute Gasteiger partial charge is 0.297 e. The molecule has 1 heterocycles. The second kappa shape index (κ2) is 6.73. The van der Waals surface area contributed by atoms with Gasteiger partial charge < -0.3 is 0 Å². The van der Waals surface area contributed by atoms with Crippen molar-refractivity contribution in [3.63, 3.8) is 0 Å². The summed E-state index contributed by atoms with van der Waals surface area (Å²) in [7, 11) is 4.09. The molecule has 0 saturated heterocycles. The number of Topliss-reactive ketones (excluding diaryl/α,β-unsaturated/α-hetero) is 1. The monoisotopic (exact) mass is 291 g/mol. The van der Waals surface area contributed by atoms with Crippen LogP contribution in [-0.2, 0) is 11.2 Å². The van der Waals surface area contributed by atoms with Crippen molar-refractivity contribution in [3.05, 3.63) is 18.0 Å². The minimum absolute atomic E-state index is 0.265. The molecule has 0 N–H and O–H groups in total. The zero-order valence-corrected chi connectivity index (χ0v) is 13.9. The first-order chi connectivity index (χ1) is 9.99. The van der Waals surface area contributed by atoms with E-state index in [4.69, 9.17) is 0 Å². The Morgan fingerprint density at radius 2 is 2.05 bits per heavy atom. The summed E-state index contributed by atoms with van der Waals surface area (Å²) >= 11 is 0. The van der Waals surface area contributed by atoms with Gasteiger partial charge in [0.2, 0.25) is 0 Å². The van der Waals surface area contributed by atoms with E-state index in [-0.39, 0.29) is 5.54 Å². The average molecular weight is 291 g/mol. The van der Waals surface area contributed by atoms with E-state index in [2.05, 4.69) is 23.8 Å². The van der Waals surface area contributed by atoms with Crippen molar-refractivity contribution in [3.8, 4) is 0 Å². The third-order valence-electron chi connectivity index (χ3n) is 5.10. The maximum absolute atomic E-state index is 12.9. The third-order valence-corrected chi connectivity index (χ3v) is 5.10. The Hall–Kier alpha value is -1.16. The lowest BCUT2D eigenvalue weighted by molar-refractivity contribution is -0.131. The summed E-state index contributed by atoms with van der Waals surface area (Å²) < 4.78 is 1.98. The van der Waals surface area contributed by atoms with Crippen LogP contribution in [0.1, 0.15) is 64.1 Å². The molecule has 0 aliphatic heterocycles. The van der Waals surface area contributed by atoms with E-state index in [1.54, 1.807) is 0 Å². The molecule has 1 atom stereocenters. The van der Waals surface area contributed by atoms with E-state index in [1.165, 1.54) is 6.42 Å². The highest BCUT2D eigenvalue weighted by atomic mass is 16.1. The molecule has 1 aromatic heterocycles. The molecule has 0 bridgehead atoms. The van der Waals surface area contributed by atoms with Crippen LogP contribution in [-0.4, -0.2) is 40.1 Å². The quantitative estimate of drug-likeness (QED) is 0.807. The van der Waals surface area contributed by atoms with Gasteiger partial charge in [-0.05, 0) is 46.3 Å². The fraction of sp³-hybridized carbons (Fsp3) is 0.765. The number of ketones is 1. The summed E-state index contributed by atoms with van der Waals surface area (Å²) in [6.45, 7) is 4.31. The van der Waals surface area contributed by atoms with E-state index >= 15 is 0 Å². The molecule has 1 aliphatic carbocycles. The van der Waals surface area contributed by atoms with Gasteiger partial charge in [-0.25, -0.2) is 0 Å². The Morgan fingerprint density at radius 3 is 2.62 bits per heavy atom. The molecule has 1 aromatic rings. The maximum atomic E-state index is 12.9. The lowest BCUT2D eigenvalue weighted by atomic mass is 9.76. The van der Waals surface area contributed by atoms with Gasteiger partial charge in [0.05, 0.1) is 17.7 Å². The number of carbonyl (C=O) groups is 1. The zero-order valence-electron chi connectivity index (χ0n) is 13.9. The second-order valence-corrected chi connectivity index (χ2v) is 6.63. The summed E-state index contributed by atoms with van der Waals surface area (Å²) in [6.07, 6.45) is 9.07. The Kier molecular flexibility index (Phi) is 5.20. The minimum atomic E-state index is -0.265. The number of hydrogen-bond acceptors (Lipinski definition) is 3. The molecule has 0 aromatic carbocycles. The molecule has 1 saturated carbocycles. The van der Waals surface area contributed by atoms with Crippen molar-refractivity contribution in [1.29, 1.82) is 0 Å². The number of hydrogen-bond donors (Lipinski definition) is 0. The van der Waals surface area contributed by atoms with Crippen LogP contribution in [0.25, 0.3) is 0 Å². The van der Waals surface area contributed by atoms with Crippen LogP contribution in [0.2, 0.25) is 0 Å². The molecule has 0 amide bonds. The highest BCUT2D eigenvalue weighted by Gasteiger charge is 2.41. The molecule has 4 nitrogen and oxygen atoms in total. The van der Waals surface area contributed by atoms with Crippen LogP contribution in [0.15, 0.2) is 12.3 Å². The van der Waals surface area contributed by atoms with Crippen LogP contribution in [0.3, 0.4) is 0 Å². The number of likely N-dealkylation sites (N-methyl/N-ethyl adjacent to an activating group) is 1. The number of aromatic nitrogens is 2. The Morgan fingerprint density at radius 1 is 1.38 bits per heavy atom. The van der Waals surface area contributed by atoms with Gasteiger partial charge in [0, 0.05) is 12.2 Å². The summed E-state index contributed by atoms with van der Waals surface area (Å²) in [5.41, 5.74) is 0.644. The maximum Gasteiger partial charge on any atom is 0.159 e. The predicted octanol–water partition coefficient (Wildman–Crippen LogP) is 3.23. The van der Waals surface area contributed by atoms with E-state index in [9.17, 15) is 4.79 Å². The van der Waals surface area contributed by atoms with Crippen LogP contribution in [0, 0.1) is 0 Å². The standard InChI is InChI=1S/C17H29N3O/c1-5-14(2)20-12-9-15(18-20)13-16(21)17(19(3)4)10-7-6-8-11-17/h9,12,14H,5-8,10-11,13H2,1-4H3. The summed E-state index contributed by atoms with van der Waals surface area (Å²) in [6, 6.07) is 2.39. The molecule has 1 unspecified atom stereocenters. The van der Waals surface area contributed by atoms with Gasteiger partial charge in [0.25, 0.3) is 0 Å². The fourth-order valence-corrected chi connectivity index (χ4v) is 3.35. The Bertz CT molecular complexity index is 472. The Balaban J connectivity index is 2.10. The molecule has 21 heavy (non-hydrogen) atoms. The third kappa shape index (κ3) is 3.37. The minimum Gasteiger partial charge on any atom is -0.297 e. The van der Waals surface area contributed by atoms with E-state index < -0.39 is 0 Å². The Labute approximate surface area is 128 Å². The average Bonchev–Trinajstić information content (AvgIpc) is 2.95. The van der Waals surface area contributed by atoms with Crippen molar-refractivity contribution in [2.75, 3.05) is 14.1 Å². The SMILES string of the molecule is CCC(C)n1ccc(CC(=O)C2(N(C)C)CCCCC2)n1. The van der Waals surface area contributed by atoms with Crippen molar-refractivity contribution in [2.24, 2.45) is 0 Å². The molecule has 0 spiro atoms. The van der Waals surface area contributed by atoms with Gasteiger partial charge in [-0.2, -0.15) is 5.10 Å². The summed E-state index contributed by atoms with van der Waals surface area (Å²) in [5, 5.41) is 4.58. The predicted molar refractivity (Wildman–Crippen MR) is 85.4 cm³/mol. The van der Waals surface area contributed by atoms with Gasteiger partial charge in [0.15, 0.2) is 5.78 Å². The van der Waals surface area contributed by atoms with E-state index in [0.29, 0.717) is 18.2 Å². The first-order valence-corrected chi connectivity index (χ1v) is 8.24. The molecule has 1 aliphatic rings. The van der Waals surface area contributed by atoms with Gasteiger partial charge in [-0.3, -0.25) is 14.4 Å². The molecule has 4 heteroatoms. The normalized spacial score (nSPS) is 19.7. The van der Waals surface area contributed by atoms with Crippen molar-refractivity contribution >= 4 is 5.78 Å². The first kappa shape index (κ1) is 16.2. The van der Waals surface area contributed by atoms with Crippen LogP contribution in [0.4, 0.5) is 0 Å². The smallest absolute Gasteiger partial charge is 0.159 e. The van der Waals surface area contributed by atoms with Crippen LogP contribution < -0.4 is 0 Å². The summed E-state index contributed by atoms with van der Waals surface area (Å²) in [4.78, 5) is 15.0. The molecule has 1 fully saturated rings. The molecule has 0 radical (unpaired) electrons.